The summed E-state index contributed by atoms with van der Waals surface area (Å²) in [5.74, 6) is 0. The highest BCUT2D eigenvalue weighted by molar-refractivity contribution is 6.32. The molecule has 1 aromatic rings. The Morgan fingerprint density at radius 2 is 2.15 bits per heavy atom. The van der Waals surface area contributed by atoms with Crippen LogP contribution in [0.15, 0.2) is 39.4 Å². The fourth-order valence-corrected chi connectivity index (χ4v) is 2.56. The van der Waals surface area contributed by atoms with E-state index in [4.69, 9.17) is 4.99 Å². The van der Waals surface area contributed by atoms with Gasteiger partial charge in [0.25, 0.3) is 0 Å². The summed E-state index contributed by atoms with van der Waals surface area (Å²) in [5, 5.41) is 2.13. The second-order valence-electron chi connectivity index (χ2n) is 5.19. The van der Waals surface area contributed by atoms with Gasteiger partial charge in [0.1, 0.15) is 0 Å². The lowest BCUT2D eigenvalue weighted by Gasteiger charge is -2.08. The molecule has 1 aromatic carbocycles. The van der Waals surface area contributed by atoms with Crippen molar-refractivity contribution in [2.75, 3.05) is 0 Å². The van der Waals surface area contributed by atoms with Gasteiger partial charge in [-0.2, -0.15) is 0 Å². The Morgan fingerprint density at radius 1 is 1.20 bits per heavy atom. The van der Waals surface area contributed by atoms with Crippen molar-refractivity contribution >= 4 is 23.8 Å². The molecule has 3 heteroatoms. The van der Waals surface area contributed by atoms with Gasteiger partial charge in [-0.15, -0.1) is 0 Å². The van der Waals surface area contributed by atoms with Crippen LogP contribution in [0.1, 0.15) is 38.2 Å². The van der Waals surface area contributed by atoms with Crippen LogP contribution in [0.4, 0.5) is 5.69 Å². The molecular weight excluding hydrogens is 246 g/mol. The third-order valence-corrected chi connectivity index (χ3v) is 3.66. The zero-order chi connectivity index (χ0) is 13.8. The van der Waals surface area contributed by atoms with Gasteiger partial charge in [-0.25, -0.2) is 0 Å². The monoisotopic (exact) mass is 265 g/mol. The van der Waals surface area contributed by atoms with Gasteiger partial charge in [0.05, 0.1) is 16.8 Å². The highest BCUT2D eigenvalue weighted by Gasteiger charge is 2.10. The summed E-state index contributed by atoms with van der Waals surface area (Å²) >= 11 is 0. The second kappa shape index (κ2) is 5.95. The van der Waals surface area contributed by atoms with Gasteiger partial charge in [0.15, 0.2) is 0 Å². The maximum Gasteiger partial charge on any atom is 0.0778 e. The molecule has 20 heavy (non-hydrogen) atoms. The number of benzene rings is 1. The highest BCUT2D eigenvalue weighted by atomic mass is 14.8. The fraction of sp³-hybridized carbons (Fsp3) is 0.353. The number of hydrogen-bond acceptors (Lipinski definition) is 3. The van der Waals surface area contributed by atoms with Crippen molar-refractivity contribution in [3.63, 3.8) is 0 Å². The summed E-state index contributed by atoms with van der Waals surface area (Å²) in [6.07, 6.45) is 13.3. The van der Waals surface area contributed by atoms with Gasteiger partial charge in [-0.3, -0.25) is 15.0 Å². The Bertz CT molecular complexity index is 708. The summed E-state index contributed by atoms with van der Waals surface area (Å²) in [5.41, 5.74) is 3.36. The molecule has 0 aliphatic carbocycles. The summed E-state index contributed by atoms with van der Waals surface area (Å²) in [6, 6.07) is 4.12. The van der Waals surface area contributed by atoms with E-state index in [-0.39, 0.29) is 0 Å². The zero-order valence-electron chi connectivity index (χ0n) is 11.8. The van der Waals surface area contributed by atoms with E-state index in [1.807, 2.05) is 18.6 Å². The summed E-state index contributed by atoms with van der Waals surface area (Å²) in [6.45, 7) is 2.22. The molecule has 2 aliphatic rings. The lowest BCUT2D eigenvalue weighted by Crippen LogP contribution is -2.17. The average molecular weight is 265 g/mol. The summed E-state index contributed by atoms with van der Waals surface area (Å²) in [7, 11) is 0. The Hall–Kier alpha value is -2.03. The number of nitrogens with zero attached hydrogens (tertiary/aromatic N) is 3. The number of hydrogen-bond donors (Lipinski definition) is 0. The zero-order valence-corrected chi connectivity index (χ0v) is 11.8. The van der Waals surface area contributed by atoms with Crippen LogP contribution in [0.2, 0.25) is 0 Å². The maximum atomic E-state index is 4.87. The molecule has 0 N–H and O–H groups in total. The molecule has 0 saturated carbocycles. The van der Waals surface area contributed by atoms with Crippen LogP contribution in [0, 0.1) is 0 Å². The number of aliphatic imine (C=N–C) groups is 2. The van der Waals surface area contributed by atoms with E-state index in [0.717, 1.165) is 34.8 Å². The quantitative estimate of drug-likeness (QED) is 0.751. The van der Waals surface area contributed by atoms with E-state index < -0.39 is 0 Å². The van der Waals surface area contributed by atoms with E-state index in [2.05, 4.69) is 35.1 Å². The topological polar surface area (TPSA) is 37.1 Å². The summed E-state index contributed by atoms with van der Waals surface area (Å²) < 4.78 is 0. The Kier molecular flexibility index (Phi) is 3.86. The van der Waals surface area contributed by atoms with E-state index in [1.54, 1.807) is 0 Å². The van der Waals surface area contributed by atoms with E-state index >= 15 is 0 Å². The van der Waals surface area contributed by atoms with Crippen molar-refractivity contribution in [3.8, 4) is 0 Å². The third kappa shape index (κ3) is 2.62. The van der Waals surface area contributed by atoms with Gasteiger partial charge in [0.2, 0.25) is 0 Å². The lowest BCUT2D eigenvalue weighted by atomic mass is 10.1. The Balaban J connectivity index is 2.01. The van der Waals surface area contributed by atoms with Crippen molar-refractivity contribution in [2.24, 2.45) is 15.0 Å². The number of fused-ring (bicyclic) bond motifs is 3. The largest absolute Gasteiger partial charge is 0.262 e. The van der Waals surface area contributed by atoms with E-state index in [9.17, 15) is 0 Å². The first-order chi connectivity index (χ1) is 9.88. The van der Waals surface area contributed by atoms with Crippen molar-refractivity contribution in [2.45, 2.75) is 39.0 Å². The van der Waals surface area contributed by atoms with Crippen LogP contribution < -0.4 is 10.6 Å². The minimum atomic E-state index is 0.904. The average Bonchev–Trinajstić information content (AvgIpc) is 2.69. The number of allylic oxidation sites excluding steroid dienone is 1. The molecule has 102 valence electrons. The molecule has 0 atom stereocenters. The van der Waals surface area contributed by atoms with Gasteiger partial charge < -0.3 is 0 Å². The molecule has 0 spiro atoms. The van der Waals surface area contributed by atoms with Crippen LogP contribution in [-0.2, 0) is 6.42 Å². The first kappa shape index (κ1) is 13.0. The van der Waals surface area contributed by atoms with Crippen LogP contribution in [-0.4, -0.2) is 11.9 Å². The molecule has 2 aliphatic heterocycles. The van der Waals surface area contributed by atoms with Crippen LogP contribution in [0.25, 0.3) is 6.20 Å². The molecule has 3 rings (SSSR count). The Labute approximate surface area is 119 Å². The van der Waals surface area contributed by atoms with Crippen molar-refractivity contribution in [1.82, 2.24) is 0 Å². The van der Waals surface area contributed by atoms with E-state index in [1.165, 1.54) is 24.8 Å². The van der Waals surface area contributed by atoms with Gasteiger partial charge in [-0.05, 0) is 31.4 Å². The second-order valence-corrected chi connectivity index (χ2v) is 5.19. The van der Waals surface area contributed by atoms with Crippen molar-refractivity contribution in [3.05, 3.63) is 40.5 Å². The molecule has 0 radical (unpaired) electrons. The normalized spacial score (nSPS) is 15.6. The van der Waals surface area contributed by atoms with Crippen LogP contribution in [0.3, 0.4) is 0 Å². The molecule has 0 unspecified atom stereocenters. The molecule has 0 aromatic heterocycles. The Morgan fingerprint density at radius 3 is 3.05 bits per heavy atom. The predicted octanol–water partition coefficient (Wildman–Crippen LogP) is 2.85. The highest BCUT2D eigenvalue weighted by Crippen LogP contribution is 2.16. The molecule has 0 fully saturated rings. The van der Waals surface area contributed by atoms with Crippen LogP contribution in [0.5, 0.6) is 0 Å². The first-order valence-electron chi connectivity index (χ1n) is 7.34. The fourth-order valence-electron chi connectivity index (χ4n) is 2.56. The molecule has 0 bridgehead atoms. The predicted molar refractivity (Wildman–Crippen MR) is 84.3 cm³/mol. The van der Waals surface area contributed by atoms with Gasteiger partial charge in [0, 0.05) is 29.4 Å². The van der Waals surface area contributed by atoms with Crippen molar-refractivity contribution < 1.29 is 0 Å². The standard InChI is InChI=1S/C17H19N3/c1-2-3-4-6-14-12-18-11-13-8-9-16-15(17(13)20-14)7-5-10-19-16/h5,8-12H,2-4,6-7H2,1H3. The summed E-state index contributed by atoms with van der Waals surface area (Å²) in [4.78, 5) is 13.7. The van der Waals surface area contributed by atoms with Gasteiger partial charge >= 0.3 is 0 Å². The molecule has 0 amide bonds. The minimum Gasteiger partial charge on any atom is -0.262 e. The van der Waals surface area contributed by atoms with Crippen LogP contribution >= 0.6 is 0 Å². The lowest BCUT2D eigenvalue weighted by molar-refractivity contribution is 0.744. The molecule has 2 heterocycles. The SMILES string of the molecule is CCCCCC1=Nc2c3c(ccc2=CN=C1)=NC=CC3. The maximum absolute atomic E-state index is 4.87. The number of unbranched alkanes of at least 4 members (excludes halogenated alkanes) is 2. The minimum absolute atomic E-state index is 0.904. The van der Waals surface area contributed by atoms with Crippen molar-refractivity contribution in [1.29, 1.82) is 0 Å². The molecular formula is C17H19N3. The third-order valence-electron chi connectivity index (χ3n) is 3.66. The number of rotatable bonds is 4. The molecule has 0 saturated heterocycles. The smallest absolute Gasteiger partial charge is 0.0778 e. The first-order valence-corrected chi connectivity index (χ1v) is 7.34. The van der Waals surface area contributed by atoms with E-state index in [0.29, 0.717) is 0 Å². The van der Waals surface area contributed by atoms with Gasteiger partial charge in [-0.1, -0.05) is 25.8 Å². The molecule has 3 nitrogen and oxygen atoms in total.